The van der Waals surface area contributed by atoms with Gasteiger partial charge >= 0.3 is 11.9 Å². The van der Waals surface area contributed by atoms with Crippen molar-refractivity contribution in [2.24, 2.45) is 0 Å². The van der Waals surface area contributed by atoms with Gasteiger partial charge in [0.05, 0.1) is 25.3 Å². The number of rotatable bonds is 6. The van der Waals surface area contributed by atoms with Crippen molar-refractivity contribution in [3.63, 3.8) is 0 Å². The topological polar surface area (TPSA) is 125 Å². The lowest BCUT2D eigenvalue weighted by molar-refractivity contribution is -0.117. The summed E-state index contributed by atoms with van der Waals surface area (Å²) in [6.45, 7) is -0.212. The third-order valence-corrected chi connectivity index (χ3v) is 3.83. The molecule has 0 fully saturated rings. The van der Waals surface area contributed by atoms with Crippen molar-refractivity contribution in [2.75, 3.05) is 19.5 Å². The van der Waals surface area contributed by atoms with E-state index < -0.39 is 17.8 Å². The van der Waals surface area contributed by atoms with Crippen LogP contribution < -0.4 is 5.32 Å². The Hall–Kier alpha value is -4.08. The first-order valence-corrected chi connectivity index (χ1v) is 8.45. The molecule has 0 spiro atoms. The largest absolute Gasteiger partial charge is 0.465 e. The smallest absolute Gasteiger partial charge is 0.337 e. The lowest BCUT2D eigenvalue weighted by Gasteiger charge is -2.09. The highest BCUT2D eigenvalue weighted by Crippen LogP contribution is 2.17. The van der Waals surface area contributed by atoms with Crippen molar-refractivity contribution in [2.45, 2.75) is 6.54 Å². The molecule has 29 heavy (non-hydrogen) atoms. The minimum atomic E-state index is -0.656. The third-order valence-electron chi connectivity index (χ3n) is 3.83. The predicted molar refractivity (Wildman–Crippen MR) is 101 cm³/mol. The minimum absolute atomic E-state index is 0.0935. The van der Waals surface area contributed by atoms with Gasteiger partial charge in [0.25, 0.3) is 0 Å². The van der Waals surface area contributed by atoms with Gasteiger partial charge < -0.3 is 14.8 Å². The van der Waals surface area contributed by atoms with Gasteiger partial charge in [-0.3, -0.25) is 4.79 Å². The number of benzene rings is 2. The van der Waals surface area contributed by atoms with Gasteiger partial charge in [0.15, 0.2) is 0 Å². The lowest BCUT2D eigenvalue weighted by atomic mass is 10.1. The second-order valence-corrected chi connectivity index (χ2v) is 5.84. The molecule has 3 rings (SSSR count). The molecule has 0 saturated carbocycles. The Morgan fingerprint density at radius 2 is 1.59 bits per heavy atom. The van der Waals surface area contributed by atoms with E-state index in [1.165, 1.54) is 32.4 Å². The summed E-state index contributed by atoms with van der Waals surface area (Å²) in [6.07, 6.45) is 0. The summed E-state index contributed by atoms with van der Waals surface area (Å²) < 4.78 is 9.34. The normalized spacial score (nSPS) is 10.3. The molecule has 10 heteroatoms. The Morgan fingerprint density at radius 1 is 0.966 bits per heavy atom. The van der Waals surface area contributed by atoms with Gasteiger partial charge in [-0.25, -0.2) is 9.59 Å². The molecule has 1 heterocycles. The van der Waals surface area contributed by atoms with Gasteiger partial charge in [-0.15, -0.1) is 10.2 Å². The third kappa shape index (κ3) is 4.80. The first kappa shape index (κ1) is 19.7. The maximum Gasteiger partial charge on any atom is 0.337 e. The Kier molecular flexibility index (Phi) is 5.93. The number of carbonyl (C=O) groups is 3. The van der Waals surface area contributed by atoms with E-state index in [-0.39, 0.29) is 23.4 Å². The number of hydrogen-bond acceptors (Lipinski definition) is 8. The van der Waals surface area contributed by atoms with E-state index in [4.69, 9.17) is 0 Å². The molecule has 0 aliphatic carbocycles. The fourth-order valence-electron chi connectivity index (χ4n) is 2.51. The van der Waals surface area contributed by atoms with Crippen LogP contribution in [0.2, 0.25) is 0 Å². The summed E-state index contributed by atoms with van der Waals surface area (Å²) in [5, 5.41) is 14.5. The fraction of sp³-hybridized carbons (Fsp3) is 0.158. The van der Waals surface area contributed by atoms with Crippen LogP contribution >= 0.6 is 0 Å². The van der Waals surface area contributed by atoms with E-state index in [1.807, 2.05) is 30.3 Å². The molecule has 0 saturated heterocycles. The van der Waals surface area contributed by atoms with Crippen molar-refractivity contribution in [3.05, 3.63) is 59.7 Å². The molecule has 2 aromatic carbocycles. The fourth-order valence-corrected chi connectivity index (χ4v) is 2.51. The zero-order valence-corrected chi connectivity index (χ0v) is 15.7. The van der Waals surface area contributed by atoms with Crippen LogP contribution in [0.4, 0.5) is 5.69 Å². The molecular formula is C19H17N5O5. The summed E-state index contributed by atoms with van der Waals surface area (Å²) >= 11 is 0. The van der Waals surface area contributed by atoms with Crippen LogP contribution in [0.1, 0.15) is 20.7 Å². The van der Waals surface area contributed by atoms with Crippen LogP contribution in [0.5, 0.6) is 0 Å². The number of ether oxygens (including phenoxy) is 2. The van der Waals surface area contributed by atoms with Crippen molar-refractivity contribution in [1.82, 2.24) is 20.2 Å². The maximum absolute atomic E-state index is 12.4. The molecular weight excluding hydrogens is 378 g/mol. The quantitative estimate of drug-likeness (QED) is 0.623. The van der Waals surface area contributed by atoms with Gasteiger partial charge in [0.2, 0.25) is 11.7 Å². The first-order valence-electron chi connectivity index (χ1n) is 8.45. The van der Waals surface area contributed by atoms with Crippen molar-refractivity contribution >= 4 is 23.5 Å². The van der Waals surface area contributed by atoms with Crippen molar-refractivity contribution in [3.8, 4) is 11.4 Å². The molecule has 1 aromatic heterocycles. The van der Waals surface area contributed by atoms with E-state index >= 15 is 0 Å². The summed E-state index contributed by atoms with van der Waals surface area (Å²) in [6, 6.07) is 13.3. The molecule has 3 aromatic rings. The number of tetrazole rings is 1. The molecule has 1 N–H and O–H groups in total. The molecule has 10 nitrogen and oxygen atoms in total. The number of methoxy groups -OCH3 is 2. The summed E-state index contributed by atoms with van der Waals surface area (Å²) in [5.41, 5.74) is 1.18. The summed E-state index contributed by atoms with van der Waals surface area (Å²) in [7, 11) is 2.43. The Morgan fingerprint density at radius 3 is 2.17 bits per heavy atom. The van der Waals surface area contributed by atoms with Gasteiger partial charge in [-0.05, 0) is 23.4 Å². The highest BCUT2D eigenvalue weighted by atomic mass is 16.5. The second-order valence-electron chi connectivity index (χ2n) is 5.84. The van der Waals surface area contributed by atoms with E-state index in [2.05, 4.69) is 30.2 Å². The Labute approximate surface area is 165 Å². The second kappa shape index (κ2) is 8.74. The molecule has 1 amide bonds. The lowest BCUT2D eigenvalue weighted by Crippen LogP contribution is -2.21. The summed E-state index contributed by atoms with van der Waals surface area (Å²) in [4.78, 5) is 37.1. The molecule has 0 aliphatic rings. The van der Waals surface area contributed by atoms with E-state index in [1.54, 1.807) is 0 Å². The van der Waals surface area contributed by atoms with Gasteiger partial charge in [0, 0.05) is 11.3 Å². The number of hydrogen-bond donors (Lipinski definition) is 1. The van der Waals surface area contributed by atoms with E-state index in [0.717, 1.165) is 10.4 Å². The SMILES string of the molecule is COC(=O)c1cc(NC(=O)Cn2nnc(-c3ccccc3)n2)cc(C(=O)OC)c1. The number of nitrogens with zero attached hydrogens (tertiary/aromatic N) is 4. The Bertz CT molecular complexity index is 1010. The number of esters is 2. The molecule has 0 aliphatic heterocycles. The molecule has 0 unspecified atom stereocenters. The molecule has 0 atom stereocenters. The van der Waals surface area contributed by atoms with Crippen LogP contribution in [-0.4, -0.2) is 52.3 Å². The van der Waals surface area contributed by atoms with Crippen LogP contribution in [0.25, 0.3) is 11.4 Å². The molecule has 148 valence electrons. The number of anilines is 1. The van der Waals surface area contributed by atoms with Gasteiger partial charge in [-0.1, -0.05) is 30.3 Å². The number of nitrogens with one attached hydrogen (secondary N) is 1. The van der Waals surface area contributed by atoms with Crippen LogP contribution in [-0.2, 0) is 20.8 Å². The van der Waals surface area contributed by atoms with E-state index in [9.17, 15) is 14.4 Å². The summed E-state index contributed by atoms with van der Waals surface area (Å²) in [5.74, 6) is -1.40. The van der Waals surface area contributed by atoms with Gasteiger partial charge in [0.1, 0.15) is 6.54 Å². The van der Waals surface area contributed by atoms with E-state index in [0.29, 0.717) is 5.82 Å². The first-order chi connectivity index (χ1) is 14.0. The zero-order chi connectivity index (χ0) is 20.8. The Balaban J connectivity index is 1.75. The van der Waals surface area contributed by atoms with Gasteiger partial charge in [-0.2, -0.15) is 4.80 Å². The van der Waals surface area contributed by atoms with Crippen LogP contribution in [0, 0.1) is 0 Å². The minimum Gasteiger partial charge on any atom is -0.465 e. The van der Waals surface area contributed by atoms with Crippen molar-refractivity contribution in [1.29, 1.82) is 0 Å². The average Bonchev–Trinajstić information content (AvgIpc) is 3.21. The monoisotopic (exact) mass is 395 g/mol. The molecule has 0 radical (unpaired) electrons. The van der Waals surface area contributed by atoms with Crippen LogP contribution in [0.15, 0.2) is 48.5 Å². The number of carbonyl (C=O) groups excluding carboxylic acids is 3. The maximum atomic E-state index is 12.4. The predicted octanol–water partition coefficient (Wildman–Crippen LogP) is 1.55. The highest BCUT2D eigenvalue weighted by Gasteiger charge is 2.16. The number of aromatic nitrogens is 4. The standard InChI is InChI=1S/C19H17N5O5/c1-28-18(26)13-8-14(19(27)29-2)10-15(9-13)20-16(25)11-24-22-17(21-23-24)12-6-4-3-5-7-12/h3-10H,11H2,1-2H3,(H,20,25). The average molecular weight is 395 g/mol. The van der Waals surface area contributed by atoms with Crippen molar-refractivity contribution < 1.29 is 23.9 Å². The zero-order valence-electron chi connectivity index (χ0n) is 15.7. The number of amides is 1. The van der Waals surface area contributed by atoms with Crippen LogP contribution in [0.3, 0.4) is 0 Å². The highest BCUT2D eigenvalue weighted by molar-refractivity contribution is 5.99. The molecule has 0 bridgehead atoms.